The van der Waals surface area contributed by atoms with Gasteiger partial charge in [0.2, 0.25) is 0 Å². The number of tetrazole rings is 1. The lowest BCUT2D eigenvalue weighted by Crippen LogP contribution is -2.36. The van der Waals surface area contributed by atoms with E-state index < -0.39 is 0 Å². The van der Waals surface area contributed by atoms with E-state index in [2.05, 4.69) is 62.9 Å². The number of hydrogen-bond donors (Lipinski definition) is 0. The largest absolute Gasteiger partial charge is 0.493 e. The summed E-state index contributed by atoms with van der Waals surface area (Å²) in [4.78, 5) is 2.44. The highest BCUT2D eigenvalue weighted by Gasteiger charge is 2.31. The Hall–Kier alpha value is -3.71. The van der Waals surface area contributed by atoms with Crippen molar-refractivity contribution in [2.24, 2.45) is 0 Å². The van der Waals surface area contributed by atoms with Crippen LogP contribution in [0.5, 0.6) is 11.5 Å². The fourth-order valence-electron chi connectivity index (χ4n) is 4.56. The van der Waals surface area contributed by atoms with Crippen LogP contribution < -0.4 is 9.47 Å². The van der Waals surface area contributed by atoms with Gasteiger partial charge in [-0.15, -0.1) is 5.10 Å². The standard InChI is InChI=1S/C26H27N5O2/c1-32-23-13-12-21(16-24(23)33-2)25(30-15-14-20-10-6-7-11-22(20)18-30)26-27-28-29-31(26)17-19-8-4-3-5-9-19/h3-13,16,25H,14-15,17-18H2,1-2H3. The Bertz CT molecular complexity index is 1220. The molecule has 0 bridgehead atoms. The molecule has 1 atom stereocenters. The van der Waals surface area contributed by atoms with Gasteiger partial charge >= 0.3 is 0 Å². The molecule has 33 heavy (non-hydrogen) atoms. The van der Waals surface area contributed by atoms with Gasteiger partial charge in [-0.1, -0.05) is 60.7 Å². The summed E-state index contributed by atoms with van der Waals surface area (Å²) in [6, 6.07) is 24.8. The molecular formula is C26H27N5O2. The molecule has 1 aliphatic heterocycles. The maximum absolute atomic E-state index is 5.61. The van der Waals surface area contributed by atoms with Crippen LogP contribution in [0.4, 0.5) is 0 Å². The quantitative estimate of drug-likeness (QED) is 0.434. The second kappa shape index (κ2) is 9.42. The summed E-state index contributed by atoms with van der Waals surface area (Å²) in [5.41, 5.74) is 4.97. The normalized spacial score (nSPS) is 14.5. The van der Waals surface area contributed by atoms with E-state index in [1.165, 1.54) is 11.1 Å². The molecule has 2 heterocycles. The second-order valence-electron chi connectivity index (χ2n) is 8.19. The van der Waals surface area contributed by atoms with Gasteiger partial charge < -0.3 is 9.47 Å². The summed E-state index contributed by atoms with van der Waals surface area (Å²) in [5, 5.41) is 12.9. The van der Waals surface area contributed by atoms with Crippen molar-refractivity contribution in [1.82, 2.24) is 25.1 Å². The van der Waals surface area contributed by atoms with Crippen LogP contribution in [-0.2, 0) is 19.5 Å². The van der Waals surface area contributed by atoms with Gasteiger partial charge in [0.15, 0.2) is 17.3 Å². The topological polar surface area (TPSA) is 65.3 Å². The molecule has 0 spiro atoms. The first kappa shape index (κ1) is 21.2. The Morgan fingerprint density at radius 2 is 1.64 bits per heavy atom. The average molecular weight is 442 g/mol. The van der Waals surface area contributed by atoms with Crippen molar-refractivity contribution in [3.63, 3.8) is 0 Å². The summed E-state index contributed by atoms with van der Waals surface area (Å²) in [7, 11) is 3.31. The zero-order valence-corrected chi connectivity index (χ0v) is 18.9. The Morgan fingerprint density at radius 3 is 2.42 bits per heavy atom. The zero-order chi connectivity index (χ0) is 22.6. The van der Waals surface area contributed by atoms with Crippen LogP contribution in [0.3, 0.4) is 0 Å². The van der Waals surface area contributed by atoms with Crippen molar-refractivity contribution in [1.29, 1.82) is 0 Å². The van der Waals surface area contributed by atoms with E-state index in [4.69, 9.17) is 9.47 Å². The van der Waals surface area contributed by atoms with Gasteiger partial charge in [-0.25, -0.2) is 4.68 Å². The molecular weight excluding hydrogens is 414 g/mol. The molecule has 5 rings (SSSR count). The van der Waals surface area contributed by atoms with E-state index >= 15 is 0 Å². The van der Waals surface area contributed by atoms with E-state index in [0.717, 1.165) is 36.5 Å². The van der Waals surface area contributed by atoms with E-state index in [9.17, 15) is 0 Å². The lowest BCUT2D eigenvalue weighted by molar-refractivity contribution is 0.194. The third kappa shape index (κ3) is 4.32. The van der Waals surface area contributed by atoms with Crippen LogP contribution >= 0.6 is 0 Å². The van der Waals surface area contributed by atoms with Crippen molar-refractivity contribution in [3.05, 3.63) is 101 Å². The maximum Gasteiger partial charge on any atom is 0.173 e. The summed E-state index contributed by atoms with van der Waals surface area (Å²) in [5.74, 6) is 2.21. The number of hydrogen-bond acceptors (Lipinski definition) is 6. The van der Waals surface area contributed by atoms with Crippen LogP contribution in [0, 0.1) is 0 Å². The molecule has 0 saturated heterocycles. The zero-order valence-electron chi connectivity index (χ0n) is 18.9. The molecule has 0 radical (unpaired) electrons. The van der Waals surface area contributed by atoms with Crippen LogP contribution in [0.2, 0.25) is 0 Å². The molecule has 1 unspecified atom stereocenters. The lowest BCUT2D eigenvalue weighted by Gasteiger charge is -2.35. The molecule has 7 nitrogen and oxygen atoms in total. The molecule has 1 aliphatic rings. The summed E-state index contributed by atoms with van der Waals surface area (Å²) < 4.78 is 13.0. The van der Waals surface area contributed by atoms with E-state index in [1.54, 1.807) is 14.2 Å². The van der Waals surface area contributed by atoms with E-state index in [1.807, 2.05) is 35.0 Å². The molecule has 0 amide bonds. The second-order valence-corrected chi connectivity index (χ2v) is 8.19. The Labute approximate surface area is 193 Å². The molecule has 0 N–H and O–H groups in total. The van der Waals surface area contributed by atoms with Crippen molar-refractivity contribution in [3.8, 4) is 11.5 Å². The number of benzene rings is 3. The van der Waals surface area contributed by atoms with E-state index in [0.29, 0.717) is 18.0 Å². The Kier molecular flexibility index (Phi) is 6.04. The van der Waals surface area contributed by atoms with Crippen LogP contribution in [-0.4, -0.2) is 45.9 Å². The fourth-order valence-corrected chi connectivity index (χ4v) is 4.56. The summed E-state index contributed by atoms with van der Waals surface area (Å²) in [6.45, 7) is 2.35. The van der Waals surface area contributed by atoms with Gasteiger partial charge in [-0.2, -0.15) is 0 Å². The monoisotopic (exact) mass is 441 g/mol. The smallest absolute Gasteiger partial charge is 0.173 e. The number of aromatic nitrogens is 4. The number of methoxy groups -OCH3 is 2. The highest BCUT2D eigenvalue weighted by atomic mass is 16.5. The predicted molar refractivity (Wildman–Crippen MR) is 125 cm³/mol. The third-order valence-corrected chi connectivity index (χ3v) is 6.23. The Morgan fingerprint density at radius 1 is 0.879 bits per heavy atom. The number of rotatable bonds is 7. The van der Waals surface area contributed by atoms with Crippen LogP contribution in [0.25, 0.3) is 0 Å². The van der Waals surface area contributed by atoms with Crippen molar-refractivity contribution < 1.29 is 9.47 Å². The molecule has 7 heteroatoms. The minimum Gasteiger partial charge on any atom is -0.493 e. The van der Waals surface area contributed by atoms with Gasteiger partial charge in [-0.3, -0.25) is 4.90 Å². The number of nitrogens with zero attached hydrogens (tertiary/aromatic N) is 5. The highest BCUT2D eigenvalue weighted by molar-refractivity contribution is 5.45. The van der Waals surface area contributed by atoms with Crippen molar-refractivity contribution in [2.75, 3.05) is 20.8 Å². The molecule has 0 aliphatic carbocycles. The fraction of sp³-hybridized carbons (Fsp3) is 0.269. The first-order chi connectivity index (χ1) is 16.3. The number of fused-ring (bicyclic) bond motifs is 1. The maximum atomic E-state index is 5.61. The van der Waals surface area contributed by atoms with E-state index in [-0.39, 0.29) is 6.04 Å². The van der Waals surface area contributed by atoms with Gasteiger partial charge in [0.05, 0.1) is 26.8 Å². The van der Waals surface area contributed by atoms with Gasteiger partial charge in [0.1, 0.15) is 0 Å². The molecule has 4 aromatic rings. The summed E-state index contributed by atoms with van der Waals surface area (Å²) >= 11 is 0. The molecule has 168 valence electrons. The molecule has 1 aromatic heterocycles. The van der Waals surface area contributed by atoms with Gasteiger partial charge in [0.25, 0.3) is 0 Å². The minimum atomic E-state index is -0.128. The Balaban J connectivity index is 1.57. The average Bonchev–Trinajstić information content (AvgIpc) is 3.32. The predicted octanol–water partition coefficient (Wildman–Crippen LogP) is 3.89. The lowest BCUT2D eigenvalue weighted by atomic mass is 9.95. The SMILES string of the molecule is COc1ccc(C(c2nnnn2Cc2ccccc2)N2CCc3ccccc3C2)cc1OC. The summed E-state index contributed by atoms with van der Waals surface area (Å²) in [6.07, 6.45) is 0.986. The van der Waals surface area contributed by atoms with Gasteiger partial charge in [0, 0.05) is 13.1 Å². The molecule has 0 fully saturated rings. The van der Waals surface area contributed by atoms with Gasteiger partial charge in [-0.05, 0) is 51.2 Å². The minimum absolute atomic E-state index is 0.128. The first-order valence-electron chi connectivity index (χ1n) is 11.1. The molecule has 3 aromatic carbocycles. The van der Waals surface area contributed by atoms with Crippen molar-refractivity contribution in [2.45, 2.75) is 25.6 Å². The highest BCUT2D eigenvalue weighted by Crippen LogP contribution is 2.36. The van der Waals surface area contributed by atoms with Crippen LogP contribution in [0.15, 0.2) is 72.8 Å². The first-order valence-corrected chi connectivity index (χ1v) is 11.1. The molecule has 0 saturated carbocycles. The third-order valence-electron chi connectivity index (χ3n) is 6.23. The van der Waals surface area contributed by atoms with Crippen molar-refractivity contribution >= 4 is 0 Å². The van der Waals surface area contributed by atoms with Crippen LogP contribution in [0.1, 0.15) is 34.1 Å². The number of ether oxygens (including phenoxy) is 2.